The molecule has 0 bridgehead atoms. The molecule has 8 nitrogen and oxygen atoms in total. The van der Waals surface area contributed by atoms with Gasteiger partial charge in [0.15, 0.2) is 17.5 Å². The van der Waals surface area contributed by atoms with E-state index in [-0.39, 0.29) is 11.8 Å². The van der Waals surface area contributed by atoms with Crippen molar-refractivity contribution in [2.45, 2.75) is 25.7 Å². The predicted octanol–water partition coefficient (Wildman–Crippen LogP) is 1.42. The highest BCUT2D eigenvalue weighted by Crippen LogP contribution is 2.39. The van der Waals surface area contributed by atoms with E-state index in [1.807, 2.05) is 12.1 Å². The van der Waals surface area contributed by atoms with Gasteiger partial charge in [-0.05, 0) is 31.2 Å². The van der Waals surface area contributed by atoms with Crippen molar-refractivity contribution >= 4 is 11.9 Å². The molecule has 1 aliphatic heterocycles. The van der Waals surface area contributed by atoms with E-state index < -0.39 is 0 Å². The van der Waals surface area contributed by atoms with Crippen molar-refractivity contribution in [1.82, 2.24) is 10.2 Å². The first kappa shape index (κ1) is 21.7. The SMILES string of the molecule is CN=C(NCCc1ccc(OC)c(OC)c1OC)N1CCCC(CC(N)=O)C1. The zero-order valence-electron chi connectivity index (χ0n) is 17.3. The summed E-state index contributed by atoms with van der Waals surface area (Å²) in [5.41, 5.74) is 6.38. The number of nitrogens with two attached hydrogens (primary N) is 1. The van der Waals surface area contributed by atoms with Gasteiger partial charge in [-0.3, -0.25) is 9.79 Å². The predicted molar refractivity (Wildman–Crippen MR) is 109 cm³/mol. The second kappa shape index (κ2) is 10.6. The Balaban J connectivity index is 1.98. The Labute approximate surface area is 167 Å². The third-order valence-electron chi connectivity index (χ3n) is 4.98. The van der Waals surface area contributed by atoms with E-state index in [0.717, 1.165) is 43.9 Å². The quantitative estimate of drug-likeness (QED) is 0.513. The lowest BCUT2D eigenvalue weighted by atomic mass is 9.95. The fraction of sp³-hybridized carbons (Fsp3) is 0.600. The van der Waals surface area contributed by atoms with E-state index in [2.05, 4.69) is 15.2 Å². The minimum Gasteiger partial charge on any atom is -0.493 e. The summed E-state index contributed by atoms with van der Waals surface area (Å²) in [5, 5.41) is 3.41. The van der Waals surface area contributed by atoms with Crippen LogP contribution in [0.1, 0.15) is 24.8 Å². The average Bonchev–Trinajstić information content (AvgIpc) is 2.70. The molecule has 8 heteroatoms. The highest BCUT2D eigenvalue weighted by atomic mass is 16.5. The number of nitrogens with zero attached hydrogens (tertiary/aromatic N) is 2. The van der Waals surface area contributed by atoms with Crippen LogP contribution in [0.3, 0.4) is 0 Å². The highest BCUT2D eigenvalue weighted by molar-refractivity contribution is 5.80. The number of nitrogens with one attached hydrogen (secondary N) is 1. The van der Waals surface area contributed by atoms with Gasteiger partial charge in [0.25, 0.3) is 0 Å². The number of ether oxygens (including phenoxy) is 3. The number of carbonyl (C=O) groups is 1. The number of hydrogen-bond acceptors (Lipinski definition) is 5. The summed E-state index contributed by atoms with van der Waals surface area (Å²) in [7, 11) is 6.60. The third kappa shape index (κ3) is 5.43. The maximum atomic E-state index is 11.2. The number of primary amides is 1. The Kier molecular flexibility index (Phi) is 8.22. The zero-order valence-corrected chi connectivity index (χ0v) is 17.3. The van der Waals surface area contributed by atoms with Crippen LogP contribution in [0, 0.1) is 5.92 Å². The molecule has 2 rings (SSSR count). The van der Waals surface area contributed by atoms with E-state index in [1.54, 1.807) is 28.4 Å². The van der Waals surface area contributed by atoms with Gasteiger partial charge < -0.3 is 30.2 Å². The number of piperidine rings is 1. The number of benzene rings is 1. The normalized spacial score (nSPS) is 17.2. The number of rotatable bonds is 8. The van der Waals surface area contributed by atoms with Gasteiger partial charge in [0, 0.05) is 38.7 Å². The summed E-state index contributed by atoms with van der Waals surface area (Å²) in [6, 6.07) is 3.86. The van der Waals surface area contributed by atoms with Crippen molar-refractivity contribution in [2.24, 2.45) is 16.6 Å². The summed E-state index contributed by atoms with van der Waals surface area (Å²) >= 11 is 0. The maximum absolute atomic E-state index is 11.2. The number of likely N-dealkylation sites (tertiary alicyclic amines) is 1. The van der Waals surface area contributed by atoms with Gasteiger partial charge in [-0.15, -0.1) is 0 Å². The fourth-order valence-corrected chi connectivity index (χ4v) is 3.71. The molecule has 1 aliphatic rings. The average molecular weight is 393 g/mol. The molecular formula is C20H32N4O4. The first-order valence-corrected chi connectivity index (χ1v) is 9.55. The van der Waals surface area contributed by atoms with E-state index in [0.29, 0.717) is 30.2 Å². The van der Waals surface area contributed by atoms with Crippen LogP contribution >= 0.6 is 0 Å². The van der Waals surface area contributed by atoms with Gasteiger partial charge in [0.05, 0.1) is 21.3 Å². The molecule has 1 heterocycles. The molecule has 0 radical (unpaired) electrons. The number of aliphatic imine (C=N–C) groups is 1. The summed E-state index contributed by atoms with van der Waals surface area (Å²) in [6.07, 6.45) is 3.22. The zero-order chi connectivity index (χ0) is 20.5. The fourth-order valence-electron chi connectivity index (χ4n) is 3.71. The van der Waals surface area contributed by atoms with E-state index in [1.165, 1.54) is 0 Å². The number of amides is 1. The molecule has 156 valence electrons. The lowest BCUT2D eigenvalue weighted by Crippen LogP contribution is -2.47. The molecular weight excluding hydrogens is 360 g/mol. The molecule has 0 aliphatic carbocycles. The third-order valence-corrected chi connectivity index (χ3v) is 4.98. The molecule has 0 aromatic heterocycles. The highest BCUT2D eigenvalue weighted by Gasteiger charge is 2.23. The molecule has 1 fully saturated rings. The van der Waals surface area contributed by atoms with Crippen molar-refractivity contribution < 1.29 is 19.0 Å². The van der Waals surface area contributed by atoms with Gasteiger partial charge in [-0.25, -0.2) is 0 Å². The Hall–Kier alpha value is -2.64. The molecule has 1 aromatic carbocycles. The Bertz CT molecular complexity index is 693. The molecule has 1 saturated heterocycles. The number of carbonyl (C=O) groups excluding carboxylic acids is 1. The van der Waals surface area contributed by atoms with E-state index >= 15 is 0 Å². The van der Waals surface area contributed by atoms with E-state index in [4.69, 9.17) is 19.9 Å². The first-order valence-electron chi connectivity index (χ1n) is 9.55. The van der Waals surface area contributed by atoms with Gasteiger partial charge in [-0.2, -0.15) is 0 Å². The van der Waals surface area contributed by atoms with Gasteiger partial charge in [-0.1, -0.05) is 6.07 Å². The van der Waals surface area contributed by atoms with Gasteiger partial charge >= 0.3 is 0 Å². The smallest absolute Gasteiger partial charge is 0.217 e. The van der Waals surface area contributed by atoms with Crippen LogP contribution in [0.15, 0.2) is 17.1 Å². The molecule has 1 aromatic rings. The number of methoxy groups -OCH3 is 3. The molecule has 0 saturated carbocycles. The monoisotopic (exact) mass is 392 g/mol. The van der Waals surface area contributed by atoms with Crippen LogP contribution in [-0.4, -0.2) is 64.8 Å². The van der Waals surface area contributed by atoms with Crippen LogP contribution in [0.4, 0.5) is 0 Å². The summed E-state index contributed by atoms with van der Waals surface area (Å²) in [6.45, 7) is 2.41. The molecule has 0 spiro atoms. The summed E-state index contributed by atoms with van der Waals surface area (Å²) in [4.78, 5) is 17.8. The van der Waals surface area contributed by atoms with Crippen molar-refractivity contribution in [3.63, 3.8) is 0 Å². The Morgan fingerprint density at radius 2 is 2.00 bits per heavy atom. The minimum absolute atomic E-state index is 0.240. The van der Waals surface area contributed by atoms with Crippen LogP contribution in [0.25, 0.3) is 0 Å². The number of guanidine groups is 1. The van der Waals surface area contributed by atoms with Crippen molar-refractivity contribution in [3.8, 4) is 17.2 Å². The molecule has 3 N–H and O–H groups in total. The van der Waals surface area contributed by atoms with Gasteiger partial charge in [0.1, 0.15) is 0 Å². The Morgan fingerprint density at radius 3 is 2.61 bits per heavy atom. The summed E-state index contributed by atoms with van der Waals surface area (Å²) in [5.74, 6) is 2.80. The van der Waals surface area contributed by atoms with Crippen LogP contribution in [0.5, 0.6) is 17.2 Å². The topological polar surface area (TPSA) is 98.4 Å². The first-order chi connectivity index (χ1) is 13.5. The molecule has 1 amide bonds. The standard InChI is InChI=1S/C20H32N4O4/c1-22-20(24-11-5-6-14(13-24)12-17(21)25)23-10-9-15-7-8-16(26-2)19(28-4)18(15)27-3/h7-8,14H,5-6,9-13H2,1-4H3,(H2,21,25)(H,22,23). The van der Waals surface area contributed by atoms with Crippen LogP contribution < -0.4 is 25.3 Å². The van der Waals surface area contributed by atoms with Crippen molar-refractivity contribution in [2.75, 3.05) is 48.0 Å². The van der Waals surface area contributed by atoms with Crippen molar-refractivity contribution in [1.29, 1.82) is 0 Å². The largest absolute Gasteiger partial charge is 0.493 e. The van der Waals surface area contributed by atoms with Crippen molar-refractivity contribution in [3.05, 3.63) is 17.7 Å². The second-order valence-electron chi connectivity index (χ2n) is 6.84. The maximum Gasteiger partial charge on any atom is 0.217 e. The second-order valence-corrected chi connectivity index (χ2v) is 6.84. The summed E-state index contributed by atoms with van der Waals surface area (Å²) < 4.78 is 16.3. The molecule has 28 heavy (non-hydrogen) atoms. The van der Waals surface area contributed by atoms with Crippen LogP contribution in [0.2, 0.25) is 0 Å². The van der Waals surface area contributed by atoms with Crippen LogP contribution in [-0.2, 0) is 11.2 Å². The lowest BCUT2D eigenvalue weighted by Gasteiger charge is -2.34. The molecule has 1 unspecified atom stereocenters. The minimum atomic E-state index is -0.240. The Morgan fingerprint density at radius 1 is 1.25 bits per heavy atom. The molecule has 1 atom stereocenters. The number of hydrogen-bond donors (Lipinski definition) is 2. The van der Waals surface area contributed by atoms with E-state index in [9.17, 15) is 4.79 Å². The lowest BCUT2D eigenvalue weighted by molar-refractivity contribution is -0.119. The van der Waals surface area contributed by atoms with Gasteiger partial charge in [0.2, 0.25) is 11.7 Å².